The van der Waals surface area contributed by atoms with Gasteiger partial charge in [0, 0.05) is 17.5 Å². The highest BCUT2D eigenvalue weighted by atomic mass is 19.1. The van der Waals surface area contributed by atoms with E-state index in [9.17, 15) is 8.78 Å². The zero-order chi connectivity index (χ0) is 15.7. The zero-order valence-electron chi connectivity index (χ0n) is 12.5. The summed E-state index contributed by atoms with van der Waals surface area (Å²) in [5, 5.41) is 0.578. The van der Waals surface area contributed by atoms with Crippen molar-refractivity contribution in [1.82, 2.24) is 4.57 Å². The van der Waals surface area contributed by atoms with Gasteiger partial charge in [-0.3, -0.25) is 0 Å². The molecule has 0 aliphatic rings. The van der Waals surface area contributed by atoms with E-state index in [-0.39, 0.29) is 24.3 Å². The zero-order valence-corrected chi connectivity index (χ0v) is 12.5. The van der Waals surface area contributed by atoms with Gasteiger partial charge >= 0.3 is 0 Å². The molecule has 3 rings (SSSR count). The smallest absolute Gasteiger partial charge is 0.132 e. The normalized spacial score (nSPS) is 11.3. The summed E-state index contributed by atoms with van der Waals surface area (Å²) in [7, 11) is 0. The average molecular weight is 301 g/mol. The molecule has 3 aromatic rings. The number of benzene rings is 2. The molecule has 2 nitrogen and oxygen atoms in total. The van der Waals surface area contributed by atoms with E-state index in [1.165, 1.54) is 18.2 Å². The van der Waals surface area contributed by atoms with Crippen LogP contribution in [0.1, 0.15) is 25.6 Å². The van der Waals surface area contributed by atoms with E-state index in [0.717, 1.165) is 11.2 Å². The SMILES string of the molecule is CC(C)n1c(COc2cccc(F)c2)cc2c(F)cccc21. The molecule has 0 atom stereocenters. The van der Waals surface area contributed by atoms with Gasteiger partial charge in [-0.1, -0.05) is 12.1 Å². The summed E-state index contributed by atoms with van der Waals surface area (Å²) in [5.41, 5.74) is 1.70. The third-order valence-corrected chi connectivity index (χ3v) is 3.61. The molecule has 4 heteroatoms. The molecule has 0 amide bonds. The van der Waals surface area contributed by atoms with Crippen molar-refractivity contribution in [3.8, 4) is 5.75 Å². The van der Waals surface area contributed by atoms with Crippen molar-refractivity contribution < 1.29 is 13.5 Å². The van der Waals surface area contributed by atoms with Crippen LogP contribution in [0.2, 0.25) is 0 Å². The van der Waals surface area contributed by atoms with Crippen molar-refractivity contribution in [1.29, 1.82) is 0 Å². The van der Waals surface area contributed by atoms with Gasteiger partial charge in [-0.05, 0) is 44.2 Å². The number of nitrogens with zero attached hydrogens (tertiary/aromatic N) is 1. The number of halogens is 2. The minimum Gasteiger partial charge on any atom is -0.487 e. The minimum absolute atomic E-state index is 0.172. The molecule has 0 saturated heterocycles. The van der Waals surface area contributed by atoms with E-state index in [1.54, 1.807) is 24.3 Å². The molecule has 1 heterocycles. The van der Waals surface area contributed by atoms with Gasteiger partial charge in [0.25, 0.3) is 0 Å². The lowest BCUT2D eigenvalue weighted by molar-refractivity contribution is 0.291. The van der Waals surface area contributed by atoms with Crippen LogP contribution in [0.5, 0.6) is 5.75 Å². The Labute approximate surface area is 127 Å². The number of hydrogen-bond acceptors (Lipinski definition) is 1. The van der Waals surface area contributed by atoms with Crippen LogP contribution < -0.4 is 4.74 Å². The summed E-state index contributed by atoms with van der Waals surface area (Å²) < 4.78 is 34.8. The van der Waals surface area contributed by atoms with Crippen LogP contribution >= 0.6 is 0 Å². The van der Waals surface area contributed by atoms with Crippen molar-refractivity contribution in [3.05, 3.63) is 65.9 Å². The van der Waals surface area contributed by atoms with Crippen LogP contribution in [0.3, 0.4) is 0 Å². The molecule has 0 N–H and O–H groups in total. The first-order chi connectivity index (χ1) is 10.6. The Bertz CT molecular complexity index is 808. The Morgan fingerprint density at radius 1 is 1.05 bits per heavy atom. The molecule has 0 spiro atoms. The molecule has 0 unspecified atom stereocenters. The van der Waals surface area contributed by atoms with Crippen LogP contribution in [0.15, 0.2) is 48.5 Å². The first kappa shape index (κ1) is 14.6. The van der Waals surface area contributed by atoms with E-state index in [2.05, 4.69) is 0 Å². The Kier molecular flexibility index (Phi) is 3.84. The van der Waals surface area contributed by atoms with Crippen LogP contribution in [-0.4, -0.2) is 4.57 Å². The number of rotatable bonds is 4. The summed E-state index contributed by atoms with van der Waals surface area (Å²) in [5.74, 6) is -0.127. The third-order valence-electron chi connectivity index (χ3n) is 3.61. The fourth-order valence-electron chi connectivity index (χ4n) is 2.70. The van der Waals surface area contributed by atoms with Gasteiger partial charge in [0.05, 0.1) is 11.2 Å². The molecule has 0 aliphatic carbocycles. The van der Waals surface area contributed by atoms with Gasteiger partial charge in [0.2, 0.25) is 0 Å². The number of fused-ring (bicyclic) bond motifs is 1. The van der Waals surface area contributed by atoms with Crippen LogP contribution in [0.4, 0.5) is 8.78 Å². The molecule has 0 bridgehead atoms. The Hall–Kier alpha value is -2.36. The summed E-state index contributed by atoms with van der Waals surface area (Å²) >= 11 is 0. The second-order valence-electron chi connectivity index (χ2n) is 5.52. The summed E-state index contributed by atoms with van der Waals surface area (Å²) in [6, 6.07) is 13.0. The molecule has 0 fully saturated rings. The maximum atomic E-state index is 14.0. The first-order valence-corrected chi connectivity index (χ1v) is 7.23. The van der Waals surface area contributed by atoms with Gasteiger partial charge in [-0.2, -0.15) is 0 Å². The topological polar surface area (TPSA) is 14.2 Å². The molecular weight excluding hydrogens is 284 g/mol. The Morgan fingerprint density at radius 2 is 1.82 bits per heavy atom. The van der Waals surface area contributed by atoms with Gasteiger partial charge < -0.3 is 9.30 Å². The van der Waals surface area contributed by atoms with Gasteiger partial charge in [-0.15, -0.1) is 0 Å². The highest BCUT2D eigenvalue weighted by Crippen LogP contribution is 2.27. The Morgan fingerprint density at radius 3 is 2.55 bits per heavy atom. The predicted molar refractivity (Wildman–Crippen MR) is 83.0 cm³/mol. The minimum atomic E-state index is -0.340. The highest BCUT2D eigenvalue weighted by molar-refractivity contribution is 5.82. The largest absolute Gasteiger partial charge is 0.487 e. The van der Waals surface area contributed by atoms with E-state index in [1.807, 2.05) is 24.5 Å². The lowest BCUT2D eigenvalue weighted by atomic mass is 10.2. The standard InChI is InChI=1S/C18H17F2NO/c1-12(2)21-14(10-16-17(20)7-4-8-18(16)21)11-22-15-6-3-5-13(19)9-15/h3-10,12H,11H2,1-2H3. The van der Waals surface area contributed by atoms with Crippen molar-refractivity contribution in [2.45, 2.75) is 26.5 Å². The Balaban J connectivity index is 1.96. The number of aromatic nitrogens is 1. The van der Waals surface area contributed by atoms with Crippen molar-refractivity contribution in [3.63, 3.8) is 0 Å². The molecule has 0 radical (unpaired) electrons. The molecule has 2 aromatic carbocycles. The van der Waals surface area contributed by atoms with E-state index in [4.69, 9.17) is 4.74 Å². The number of ether oxygens (including phenoxy) is 1. The summed E-state index contributed by atoms with van der Waals surface area (Å²) in [4.78, 5) is 0. The average Bonchev–Trinajstić information content (AvgIpc) is 2.85. The van der Waals surface area contributed by atoms with Crippen LogP contribution in [0.25, 0.3) is 10.9 Å². The van der Waals surface area contributed by atoms with E-state index in [0.29, 0.717) is 11.1 Å². The number of hydrogen-bond donors (Lipinski definition) is 0. The van der Waals surface area contributed by atoms with Crippen molar-refractivity contribution in [2.24, 2.45) is 0 Å². The molecule has 22 heavy (non-hydrogen) atoms. The summed E-state index contributed by atoms with van der Waals surface area (Å²) in [6.07, 6.45) is 0. The predicted octanol–water partition coefficient (Wildman–Crippen LogP) is 5.08. The quantitative estimate of drug-likeness (QED) is 0.655. The van der Waals surface area contributed by atoms with Crippen molar-refractivity contribution in [2.75, 3.05) is 0 Å². The van der Waals surface area contributed by atoms with E-state index >= 15 is 0 Å². The maximum absolute atomic E-state index is 14.0. The fraction of sp³-hybridized carbons (Fsp3) is 0.222. The second kappa shape index (κ2) is 5.79. The fourth-order valence-corrected chi connectivity index (χ4v) is 2.70. The van der Waals surface area contributed by atoms with Crippen LogP contribution in [0, 0.1) is 11.6 Å². The molecular formula is C18H17F2NO. The molecule has 0 saturated carbocycles. The molecule has 0 aliphatic heterocycles. The lowest BCUT2D eigenvalue weighted by Gasteiger charge is -2.15. The van der Waals surface area contributed by atoms with Crippen molar-refractivity contribution >= 4 is 10.9 Å². The maximum Gasteiger partial charge on any atom is 0.132 e. The molecule has 1 aromatic heterocycles. The van der Waals surface area contributed by atoms with Gasteiger partial charge in [0.15, 0.2) is 0 Å². The third kappa shape index (κ3) is 2.69. The lowest BCUT2D eigenvalue weighted by Crippen LogP contribution is -2.08. The van der Waals surface area contributed by atoms with Gasteiger partial charge in [0.1, 0.15) is 24.0 Å². The second-order valence-corrected chi connectivity index (χ2v) is 5.52. The summed E-state index contributed by atoms with van der Waals surface area (Å²) in [6.45, 7) is 4.34. The van der Waals surface area contributed by atoms with Gasteiger partial charge in [-0.25, -0.2) is 8.78 Å². The van der Waals surface area contributed by atoms with E-state index < -0.39 is 0 Å². The first-order valence-electron chi connectivity index (χ1n) is 7.23. The monoisotopic (exact) mass is 301 g/mol. The van der Waals surface area contributed by atoms with Crippen LogP contribution in [-0.2, 0) is 6.61 Å². The highest BCUT2D eigenvalue weighted by Gasteiger charge is 2.14. The molecule has 114 valence electrons.